The molecule has 0 spiro atoms. The first-order chi connectivity index (χ1) is 7.83. The third-order valence-electron chi connectivity index (χ3n) is 2.78. The van der Waals surface area contributed by atoms with Crippen molar-refractivity contribution in [3.63, 3.8) is 0 Å². The molecule has 1 aliphatic rings. The van der Waals surface area contributed by atoms with Gasteiger partial charge in [0, 0.05) is 6.54 Å². The van der Waals surface area contributed by atoms with Crippen LogP contribution < -0.4 is 14.8 Å². The Morgan fingerprint density at radius 3 is 2.75 bits per heavy atom. The van der Waals surface area contributed by atoms with E-state index in [4.69, 9.17) is 9.47 Å². The number of benzene rings is 1. The van der Waals surface area contributed by atoms with Crippen LogP contribution >= 0.6 is 0 Å². The summed E-state index contributed by atoms with van der Waals surface area (Å²) in [5, 5.41) is 3.12. The van der Waals surface area contributed by atoms with Crippen molar-refractivity contribution in [2.24, 2.45) is 5.92 Å². The lowest BCUT2D eigenvalue weighted by Crippen LogP contribution is -2.06. The highest BCUT2D eigenvalue weighted by atomic mass is 16.5. The van der Waals surface area contributed by atoms with Crippen LogP contribution in [-0.2, 0) is 6.54 Å². The predicted molar refractivity (Wildman–Crippen MR) is 64.0 cm³/mol. The van der Waals surface area contributed by atoms with Gasteiger partial charge in [-0.25, -0.2) is 0 Å². The molecule has 0 aromatic heterocycles. The molecule has 88 valence electrons. The van der Waals surface area contributed by atoms with E-state index in [1.165, 1.54) is 18.4 Å². The zero-order valence-corrected chi connectivity index (χ0v) is 9.95. The molecule has 0 saturated heterocycles. The summed E-state index contributed by atoms with van der Waals surface area (Å²) in [4.78, 5) is 0. The number of ether oxygens (including phenoxy) is 2. The Morgan fingerprint density at radius 2 is 2.12 bits per heavy atom. The van der Waals surface area contributed by atoms with Crippen LogP contribution in [0.5, 0.6) is 11.5 Å². The Balaban J connectivity index is 2.03. The second-order valence-corrected chi connectivity index (χ2v) is 4.27. The fourth-order valence-corrected chi connectivity index (χ4v) is 1.64. The summed E-state index contributed by atoms with van der Waals surface area (Å²) in [6, 6.07) is 6.09. The van der Waals surface area contributed by atoms with Gasteiger partial charge in [-0.15, -0.1) is 0 Å². The molecule has 1 aromatic rings. The average Bonchev–Trinajstić information content (AvgIpc) is 3.11. The molecule has 0 amide bonds. The maximum absolute atomic E-state index is 5.74. The van der Waals surface area contributed by atoms with E-state index in [1.54, 1.807) is 7.11 Å². The molecule has 3 nitrogen and oxygen atoms in total. The van der Waals surface area contributed by atoms with E-state index in [0.717, 1.165) is 30.6 Å². The van der Waals surface area contributed by atoms with Crippen molar-refractivity contribution >= 4 is 0 Å². The Labute approximate surface area is 96.8 Å². The zero-order valence-electron chi connectivity index (χ0n) is 9.95. The van der Waals surface area contributed by atoms with Crippen LogP contribution in [0.3, 0.4) is 0 Å². The second kappa shape index (κ2) is 5.21. The lowest BCUT2D eigenvalue weighted by atomic mass is 10.2. The van der Waals surface area contributed by atoms with Gasteiger partial charge >= 0.3 is 0 Å². The van der Waals surface area contributed by atoms with Crippen LogP contribution in [0.2, 0.25) is 0 Å². The van der Waals surface area contributed by atoms with Gasteiger partial charge in [-0.1, -0.05) is 6.07 Å². The Hall–Kier alpha value is -1.22. The van der Waals surface area contributed by atoms with Crippen molar-refractivity contribution in [3.8, 4) is 11.5 Å². The van der Waals surface area contributed by atoms with Gasteiger partial charge in [0.25, 0.3) is 0 Å². The summed E-state index contributed by atoms with van der Waals surface area (Å²) in [6.07, 6.45) is 2.61. The molecule has 1 N–H and O–H groups in total. The average molecular weight is 221 g/mol. The molecule has 3 heteroatoms. The minimum atomic E-state index is 0.765. The highest BCUT2D eigenvalue weighted by Crippen LogP contribution is 2.33. The fraction of sp³-hybridized carbons (Fsp3) is 0.538. The molecule has 16 heavy (non-hydrogen) atoms. The molecule has 0 bridgehead atoms. The molecule has 1 aliphatic carbocycles. The van der Waals surface area contributed by atoms with Crippen LogP contribution in [0.15, 0.2) is 18.2 Å². The summed E-state index contributed by atoms with van der Waals surface area (Å²) in [5.74, 6) is 2.45. The number of hydrogen-bond acceptors (Lipinski definition) is 3. The molecule has 1 fully saturated rings. The molecule has 1 aromatic carbocycles. The lowest BCUT2D eigenvalue weighted by molar-refractivity contribution is 0.280. The van der Waals surface area contributed by atoms with Gasteiger partial charge in [0.2, 0.25) is 0 Å². The second-order valence-electron chi connectivity index (χ2n) is 4.27. The normalized spacial score (nSPS) is 14.9. The fourth-order valence-electron chi connectivity index (χ4n) is 1.64. The Morgan fingerprint density at radius 1 is 1.31 bits per heavy atom. The quantitative estimate of drug-likeness (QED) is 0.799. The molecule has 0 radical (unpaired) electrons. The van der Waals surface area contributed by atoms with Gasteiger partial charge in [-0.05, 0) is 43.5 Å². The number of methoxy groups -OCH3 is 1. The third kappa shape index (κ3) is 2.89. The third-order valence-corrected chi connectivity index (χ3v) is 2.78. The van der Waals surface area contributed by atoms with Crippen LogP contribution in [0, 0.1) is 5.92 Å². The molecule has 2 rings (SSSR count). The summed E-state index contributed by atoms with van der Waals surface area (Å²) in [5.41, 5.74) is 1.21. The SMILES string of the molecule is CNCc1ccc(OCC2CC2)c(OC)c1. The minimum absolute atomic E-state index is 0.765. The van der Waals surface area contributed by atoms with E-state index in [9.17, 15) is 0 Å². The standard InChI is InChI=1S/C13H19NO2/c1-14-8-11-5-6-12(13(7-11)15-2)16-9-10-3-4-10/h5-7,10,14H,3-4,8-9H2,1-2H3. The topological polar surface area (TPSA) is 30.5 Å². The molecule has 0 unspecified atom stereocenters. The maximum atomic E-state index is 5.74. The first-order valence-electron chi connectivity index (χ1n) is 5.78. The molecular formula is C13H19NO2. The van der Waals surface area contributed by atoms with Crippen molar-refractivity contribution in [2.45, 2.75) is 19.4 Å². The van der Waals surface area contributed by atoms with Crippen LogP contribution in [-0.4, -0.2) is 20.8 Å². The monoisotopic (exact) mass is 221 g/mol. The summed E-state index contributed by atoms with van der Waals surface area (Å²) >= 11 is 0. The molecular weight excluding hydrogens is 202 g/mol. The highest BCUT2D eigenvalue weighted by Gasteiger charge is 2.22. The number of rotatable bonds is 6. The van der Waals surface area contributed by atoms with Gasteiger partial charge in [0.1, 0.15) is 0 Å². The molecule has 0 atom stereocenters. The van der Waals surface area contributed by atoms with E-state index in [1.807, 2.05) is 19.2 Å². The summed E-state index contributed by atoms with van der Waals surface area (Å²) in [7, 11) is 3.62. The van der Waals surface area contributed by atoms with E-state index in [-0.39, 0.29) is 0 Å². The van der Waals surface area contributed by atoms with Gasteiger partial charge < -0.3 is 14.8 Å². The van der Waals surface area contributed by atoms with Crippen LogP contribution in [0.4, 0.5) is 0 Å². The van der Waals surface area contributed by atoms with Gasteiger partial charge in [-0.2, -0.15) is 0 Å². The zero-order chi connectivity index (χ0) is 11.4. The molecule has 0 aliphatic heterocycles. The van der Waals surface area contributed by atoms with E-state index in [0.29, 0.717) is 0 Å². The van der Waals surface area contributed by atoms with Crippen molar-refractivity contribution in [2.75, 3.05) is 20.8 Å². The largest absolute Gasteiger partial charge is 0.493 e. The molecule has 0 heterocycles. The van der Waals surface area contributed by atoms with Crippen molar-refractivity contribution in [1.29, 1.82) is 0 Å². The Bertz CT molecular complexity index is 348. The first kappa shape index (κ1) is 11.3. The maximum Gasteiger partial charge on any atom is 0.161 e. The van der Waals surface area contributed by atoms with Crippen molar-refractivity contribution in [3.05, 3.63) is 23.8 Å². The predicted octanol–water partition coefficient (Wildman–Crippen LogP) is 2.20. The minimum Gasteiger partial charge on any atom is -0.493 e. The Kier molecular flexibility index (Phi) is 3.67. The number of hydrogen-bond donors (Lipinski definition) is 1. The van der Waals surface area contributed by atoms with E-state index < -0.39 is 0 Å². The van der Waals surface area contributed by atoms with Crippen molar-refractivity contribution in [1.82, 2.24) is 5.32 Å². The highest BCUT2D eigenvalue weighted by molar-refractivity contribution is 5.42. The number of nitrogens with one attached hydrogen (secondary N) is 1. The van der Waals surface area contributed by atoms with Crippen molar-refractivity contribution < 1.29 is 9.47 Å². The first-order valence-corrected chi connectivity index (χ1v) is 5.78. The van der Waals surface area contributed by atoms with Gasteiger partial charge in [0.15, 0.2) is 11.5 Å². The van der Waals surface area contributed by atoms with Gasteiger partial charge in [0.05, 0.1) is 13.7 Å². The van der Waals surface area contributed by atoms with Crippen LogP contribution in [0.1, 0.15) is 18.4 Å². The smallest absolute Gasteiger partial charge is 0.161 e. The summed E-state index contributed by atoms with van der Waals surface area (Å²) < 4.78 is 11.1. The van der Waals surface area contributed by atoms with Crippen LogP contribution in [0.25, 0.3) is 0 Å². The lowest BCUT2D eigenvalue weighted by Gasteiger charge is -2.11. The molecule has 1 saturated carbocycles. The van der Waals surface area contributed by atoms with Gasteiger partial charge in [-0.3, -0.25) is 0 Å². The van der Waals surface area contributed by atoms with E-state index in [2.05, 4.69) is 11.4 Å². The van der Waals surface area contributed by atoms with E-state index >= 15 is 0 Å². The summed E-state index contributed by atoms with van der Waals surface area (Å²) in [6.45, 7) is 1.67.